The molecule has 9 aromatic carbocycles. The maximum absolute atomic E-state index is 4.79. The van der Waals surface area contributed by atoms with E-state index < -0.39 is 0 Å². The zero-order valence-electron chi connectivity index (χ0n) is 24.2. The Balaban J connectivity index is 1.31. The molecular formula is C42H26N2. The fraction of sp³-hybridized carbons (Fsp3) is 0.0238. The molecule has 2 nitrogen and oxygen atoms in total. The minimum Gasteiger partial charge on any atom is -0.297 e. The Kier molecular flexibility index (Phi) is 4.68. The number of hydrogen-bond acceptors (Lipinski definition) is 1. The monoisotopic (exact) mass is 558 g/mol. The fourth-order valence-electron chi connectivity index (χ4n) is 7.73. The largest absolute Gasteiger partial charge is 0.297 e. The zero-order valence-corrected chi connectivity index (χ0v) is 24.2. The van der Waals surface area contributed by atoms with Gasteiger partial charge in [-0.1, -0.05) is 103 Å². The summed E-state index contributed by atoms with van der Waals surface area (Å²) < 4.78 is 2.24. The van der Waals surface area contributed by atoms with Crippen LogP contribution in [0.3, 0.4) is 0 Å². The highest BCUT2D eigenvalue weighted by atomic mass is 15.1. The molecule has 0 aliphatic carbocycles. The first kappa shape index (κ1) is 23.8. The van der Waals surface area contributed by atoms with E-state index in [9.17, 15) is 0 Å². The molecule has 0 spiro atoms. The molecule has 1 heterocycles. The van der Waals surface area contributed by atoms with Crippen LogP contribution in [0.15, 0.2) is 140 Å². The van der Waals surface area contributed by atoms with Crippen LogP contribution >= 0.6 is 0 Å². The second-order valence-corrected chi connectivity index (χ2v) is 12.0. The van der Waals surface area contributed by atoms with Gasteiger partial charge in [0, 0.05) is 5.69 Å². The van der Waals surface area contributed by atoms with Gasteiger partial charge in [0.25, 0.3) is 0 Å². The average Bonchev–Trinajstić information content (AvgIpc) is 3.41. The van der Waals surface area contributed by atoms with Crippen molar-refractivity contribution >= 4 is 75.7 Å². The van der Waals surface area contributed by atoms with Crippen molar-refractivity contribution in [2.75, 3.05) is 0 Å². The molecule has 10 rings (SSSR count). The van der Waals surface area contributed by atoms with Gasteiger partial charge in [0.15, 0.2) is 0 Å². The lowest BCUT2D eigenvalue weighted by Gasteiger charge is -2.17. The molecule has 2 heteroatoms. The molecule has 1 aromatic heterocycles. The number of fused-ring (bicyclic) bond motifs is 3. The standard InChI is InChI=1S/C42H26N2/c1-25-43-37-13-2-3-14-38(37)44(25)32-21-19-26(20-22-32)31-23-30-18-17-29-8-5-11-34-33-10-4-7-27-15-16-28-9-6-12-35(41(28)39(27)33)36(24-31)42(30)40(29)34/h2-24H,1H3. The van der Waals surface area contributed by atoms with E-state index >= 15 is 0 Å². The molecular weight excluding hydrogens is 532 g/mol. The third-order valence-electron chi connectivity index (χ3n) is 9.61. The van der Waals surface area contributed by atoms with E-state index in [4.69, 9.17) is 4.98 Å². The van der Waals surface area contributed by atoms with Gasteiger partial charge >= 0.3 is 0 Å². The van der Waals surface area contributed by atoms with Crippen LogP contribution in [0.1, 0.15) is 5.82 Å². The van der Waals surface area contributed by atoms with Crippen LogP contribution in [0.2, 0.25) is 0 Å². The zero-order chi connectivity index (χ0) is 28.9. The molecule has 0 aliphatic rings. The molecule has 0 atom stereocenters. The molecule has 0 saturated carbocycles. The van der Waals surface area contributed by atoms with Gasteiger partial charge in [0.05, 0.1) is 11.0 Å². The highest BCUT2D eigenvalue weighted by molar-refractivity contribution is 6.37. The highest BCUT2D eigenvalue weighted by Crippen LogP contribution is 2.44. The summed E-state index contributed by atoms with van der Waals surface area (Å²) in [7, 11) is 0. The van der Waals surface area contributed by atoms with Crippen molar-refractivity contribution in [1.82, 2.24) is 9.55 Å². The number of benzene rings is 8. The third kappa shape index (κ3) is 3.17. The van der Waals surface area contributed by atoms with Crippen LogP contribution < -0.4 is 0 Å². The summed E-state index contributed by atoms with van der Waals surface area (Å²) in [6.45, 7) is 2.07. The number of aromatic nitrogens is 2. The summed E-state index contributed by atoms with van der Waals surface area (Å²) >= 11 is 0. The molecule has 0 amide bonds. The second kappa shape index (κ2) is 8.65. The average molecular weight is 559 g/mol. The molecule has 0 fully saturated rings. The van der Waals surface area contributed by atoms with Gasteiger partial charge < -0.3 is 0 Å². The van der Waals surface area contributed by atoms with Crippen molar-refractivity contribution in [2.45, 2.75) is 6.92 Å². The van der Waals surface area contributed by atoms with Crippen LogP contribution in [-0.2, 0) is 0 Å². The molecule has 0 saturated heterocycles. The van der Waals surface area contributed by atoms with Gasteiger partial charge in [-0.05, 0) is 119 Å². The smallest absolute Gasteiger partial charge is 0.111 e. The van der Waals surface area contributed by atoms with E-state index in [-0.39, 0.29) is 0 Å². The number of imidazole rings is 1. The second-order valence-electron chi connectivity index (χ2n) is 12.0. The van der Waals surface area contributed by atoms with Crippen molar-refractivity contribution in [2.24, 2.45) is 0 Å². The van der Waals surface area contributed by atoms with Crippen molar-refractivity contribution in [3.8, 4) is 16.8 Å². The maximum atomic E-state index is 4.79. The predicted molar refractivity (Wildman–Crippen MR) is 187 cm³/mol. The van der Waals surface area contributed by atoms with Crippen LogP contribution in [-0.4, -0.2) is 9.55 Å². The van der Waals surface area contributed by atoms with Crippen molar-refractivity contribution < 1.29 is 0 Å². The quantitative estimate of drug-likeness (QED) is 0.193. The van der Waals surface area contributed by atoms with Crippen LogP contribution in [0, 0.1) is 6.92 Å². The van der Waals surface area contributed by atoms with E-state index in [1.54, 1.807) is 0 Å². The Bertz CT molecular complexity index is 2760. The summed E-state index contributed by atoms with van der Waals surface area (Å²) in [5.41, 5.74) is 5.70. The minimum atomic E-state index is 0.992. The highest BCUT2D eigenvalue weighted by Gasteiger charge is 2.16. The predicted octanol–water partition coefficient (Wildman–Crippen LogP) is 11.4. The van der Waals surface area contributed by atoms with Gasteiger partial charge in [-0.2, -0.15) is 0 Å². The minimum absolute atomic E-state index is 0.992. The van der Waals surface area contributed by atoms with Gasteiger partial charge in [-0.3, -0.25) is 4.57 Å². The molecule has 0 radical (unpaired) electrons. The van der Waals surface area contributed by atoms with Gasteiger partial charge in [-0.15, -0.1) is 0 Å². The molecule has 44 heavy (non-hydrogen) atoms. The third-order valence-corrected chi connectivity index (χ3v) is 9.61. The lowest BCUT2D eigenvalue weighted by atomic mass is 9.86. The van der Waals surface area contributed by atoms with Gasteiger partial charge in [-0.25, -0.2) is 4.98 Å². The van der Waals surface area contributed by atoms with E-state index in [0.29, 0.717) is 0 Å². The molecule has 204 valence electrons. The van der Waals surface area contributed by atoms with Crippen LogP contribution in [0.5, 0.6) is 0 Å². The first-order valence-corrected chi connectivity index (χ1v) is 15.2. The SMILES string of the molecule is Cc1nc2ccccc2n1-c1ccc(-c2cc3ccc4cccc5c6cccc7ccc8cccc(c(c2)c3c45)c8c76)cc1. The number of rotatable bonds is 2. The van der Waals surface area contributed by atoms with E-state index in [1.165, 1.54) is 75.8 Å². The summed E-state index contributed by atoms with van der Waals surface area (Å²) in [4.78, 5) is 4.79. The fourth-order valence-corrected chi connectivity index (χ4v) is 7.73. The lowest BCUT2D eigenvalue weighted by Crippen LogP contribution is -1.96. The number of nitrogens with zero attached hydrogens (tertiary/aromatic N) is 2. The Morgan fingerprint density at radius 2 is 0.977 bits per heavy atom. The summed E-state index contributed by atoms with van der Waals surface area (Å²) in [5, 5.41) is 15.7. The van der Waals surface area contributed by atoms with Gasteiger partial charge in [0.1, 0.15) is 5.82 Å². The van der Waals surface area contributed by atoms with Crippen molar-refractivity contribution in [3.63, 3.8) is 0 Å². The molecule has 0 unspecified atom stereocenters. The van der Waals surface area contributed by atoms with Gasteiger partial charge in [0.2, 0.25) is 0 Å². The topological polar surface area (TPSA) is 17.8 Å². The molecule has 0 aliphatic heterocycles. The Morgan fingerprint density at radius 1 is 0.432 bits per heavy atom. The first-order valence-electron chi connectivity index (χ1n) is 15.2. The maximum Gasteiger partial charge on any atom is 0.111 e. The van der Waals surface area contributed by atoms with Crippen molar-refractivity contribution in [1.29, 1.82) is 0 Å². The summed E-state index contributed by atoms with van der Waals surface area (Å²) in [6.07, 6.45) is 0. The summed E-state index contributed by atoms with van der Waals surface area (Å²) in [5.74, 6) is 0.992. The first-order chi connectivity index (χ1) is 21.7. The summed E-state index contributed by atoms with van der Waals surface area (Å²) in [6, 6.07) is 51.5. The molecule has 0 bridgehead atoms. The van der Waals surface area contributed by atoms with E-state index in [0.717, 1.165) is 22.5 Å². The number of aryl methyl sites for hydroxylation is 1. The Morgan fingerprint density at radius 3 is 1.61 bits per heavy atom. The van der Waals surface area contributed by atoms with Crippen LogP contribution in [0.25, 0.3) is 92.5 Å². The Hall–Kier alpha value is -5.73. The van der Waals surface area contributed by atoms with Crippen LogP contribution in [0.4, 0.5) is 0 Å². The molecule has 0 N–H and O–H groups in total. The lowest BCUT2D eigenvalue weighted by molar-refractivity contribution is 1.00. The normalized spacial score (nSPS) is 12.2. The Labute approximate surface area is 253 Å². The van der Waals surface area contributed by atoms with E-state index in [2.05, 4.69) is 145 Å². The van der Waals surface area contributed by atoms with Crippen molar-refractivity contribution in [3.05, 3.63) is 145 Å². The molecule has 10 aromatic rings. The van der Waals surface area contributed by atoms with E-state index in [1.807, 2.05) is 6.07 Å². The number of para-hydroxylation sites is 2. The number of hydrogen-bond donors (Lipinski definition) is 0.